The number of thiazole rings is 1. The molecule has 0 radical (unpaired) electrons. The van der Waals surface area contributed by atoms with E-state index in [0.29, 0.717) is 0 Å². The van der Waals surface area contributed by atoms with E-state index in [4.69, 9.17) is 4.98 Å². The molecule has 0 saturated carbocycles. The number of nitrogens with zero attached hydrogens (tertiary/aromatic N) is 1. The van der Waals surface area contributed by atoms with Crippen molar-refractivity contribution < 1.29 is 0 Å². The standard InChI is InChI=1S/C14H26N2S/c1-7-9-14(6,15-8-2)12-16-11(10-17-12)13(3,4)5/h10,15H,7-9H2,1-6H3. The maximum atomic E-state index is 4.85. The Kier molecular flexibility index (Phi) is 4.73. The van der Waals surface area contributed by atoms with Crippen LogP contribution in [-0.4, -0.2) is 11.5 Å². The predicted molar refractivity (Wildman–Crippen MR) is 76.8 cm³/mol. The first-order valence-corrected chi connectivity index (χ1v) is 7.43. The molecular weight excluding hydrogens is 228 g/mol. The minimum absolute atomic E-state index is 0.0394. The first-order chi connectivity index (χ1) is 7.83. The van der Waals surface area contributed by atoms with E-state index in [1.807, 2.05) is 0 Å². The summed E-state index contributed by atoms with van der Waals surface area (Å²) in [5, 5.41) is 7.03. The molecule has 0 saturated heterocycles. The van der Waals surface area contributed by atoms with Gasteiger partial charge in [-0.05, 0) is 19.9 Å². The van der Waals surface area contributed by atoms with Crippen molar-refractivity contribution in [3.63, 3.8) is 0 Å². The number of hydrogen-bond donors (Lipinski definition) is 1. The van der Waals surface area contributed by atoms with Gasteiger partial charge in [-0.2, -0.15) is 0 Å². The molecule has 1 rings (SSSR count). The molecule has 98 valence electrons. The minimum Gasteiger partial charge on any atom is -0.306 e. The lowest BCUT2D eigenvalue weighted by Crippen LogP contribution is -2.39. The van der Waals surface area contributed by atoms with Gasteiger partial charge in [-0.1, -0.05) is 41.0 Å². The molecule has 0 bridgehead atoms. The number of rotatable bonds is 5. The zero-order chi connectivity index (χ0) is 13.1. The molecule has 17 heavy (non-hydrogen) atoms. The zero-order valence-electron chi connectivity index (χ0n) is 12.1. The largest absolute Gasteiger partial charge is 0.306 e. The van der Waals surface area contributed by atoms with Gasteiger partial charge in [0.25, 0.3) is 0 Å². The van der Waals surface area contributed by atoms with Gasteiger partial charge in [0.2, 0.25) is 0 Å². The van der Waals surface area contributed by atoms with Crippen molar-refractivity contribution in [3.8, 4) is 0 Å². The van der Waals surface area contributed by atoms with Crippen LogP contribution in [0.3, 0.4) is 0 Å². The van der Waals surface area contributed by atoms with Crippen LogP contribution >= 0.6 is 11.3 Å². The van der Waals surface area contributed by atoms with Gasteiger partial charge in [-0.15, -0.1) is 11.3 Å². The van der Waals surface area contributed by atoms with Gasteiger partial charge >= 0.3 is 0 Å². The summed E-state index contributed by atoms with van der Waals surface area (Å²) in [6, 6.07) is 0. The van der Waals surface area contributed by atoms with Crippen molar-refractivity contribution in [2.24, 2.45) is 0 Å². The maximum absolute atomic E-state index is 4.85. The molecule has 1 atom stereocenters. The summed E-state index contributed by atoms with van der Waals surface area (Å²) in [5.74, 6) is 0. The van der Waals surface area contributed by atoms with E-state index >= 15 is 0 Å². The fraction of sp³-hybridized carbons (Fsp3) is 0.786. The molecule has 0 fully saturated rings. The number of aromatic nitrogens is 1. The molecule has 0 amide bonds. The van der Waals surface area contributed by atoms with Crippen molar-refractivity contribution in [2.45, 2.75) is 65.3 Å². The minimum atomic E-state index is 0.0394. The summed E-state index contributed by atoms with van der Waals surface area (Å²) < 4.78 is 0. The molecule has 0 aliphatic carbocycles. The Labute approximate surface area is 110 Å². The SMILES string of the molecule is CCCC(C)(NCC)c1nc(C(C)(C)C)cs1. The average Bonchev–Trinajstić information content (AvgIpc) is 2.66. The van der Waals surface area contributed by atoms with Crippen LogP contribution in [0.4, 0.5) is 0 Å². The molecule has 1 N–H and O–H groups in total. The number of nitrogens with one attached hydrogen (secondary N) is 1. The highest BCUT2D eigenvalue weighted by Crippen LogP contribution is 2.32. The molecule has 0 aliphatic rings. The highest BCUT2D eigenvalue weighted by molar-refractivity contribution is 7.09. The van der Waals surface area contributed by atoms with Gasteiger partial charge in [-0.25, -0.2) is 4.98 Å². The first kappa shape index (κ1) is 14.7. The van der Waals surface area contributed by atoms with Crippen LogP contribution in [0.1, 0.15) is 65.1 Å². The second kappa shape index (κ2) is 5.49. The first-order valence-electron chi connectivity index (χ1n) is 6.55. The summed E-state index contributed by atoms with van der Waals surface area (Å²) >= 11 is 1.79. The van der Waals surface area contributed by atoms with Crippen LogP contribution in [-0.2, 0) is 11.0 Å². The monoisotopic (exact) mass is 254 g/mol. The van der Waals surface area contributed by atoms with Gasteiger partial charge in [0.05, 0.1) is 11.2 Å². The molecule has 1 unspecified atom stereocenters. The maximum Gasteiger partial charge on any atom is 0.113 e. The van der Waals surface area contributed by atoms with Crippen LogP contribution in [0.2, 0.25) is 0 Å². The van der Waals surface area contributed by atoms with E-state index < -0.39 is 0 Å². The normalized spacial score (nSPS) is 15.9. The van der Waals surface area contributed by atoms with Crippen LogP contribution in [0.15, 0.2) is 5.38 Å². The van der Waals surface area contributed by atoms with Gasteiger partial charge in [0.15, 0.2) is 0 Å². The van der Waals surface area contributed by atoms with E-state index in [0.717, 1.165) is 13.0 Å². The molecule has 1 heterocycles. The fourth-order valence-electron chi connectivity index (χ4n) is 2.03. The Hall–Kier alpha value is -0.410. The second-order valence-electron chi connectivity index (χ2n) is 5.90. The van der Waals surface area contributed by atoms with Crippen molar-refractivity contribution in [3.05, 3.63) is 16.1 Å². The van der Waals surface area contributed by atoms with Crippen LogP contribution in [0.25, 0.3) is 0 Å². The van der Waals surface area contributed by atoms with Gasteiger partial charge < -0.3 is 5.32 Å². The number of hydrogen-bond acceptors (Lipinski definition) is 3. The molecular formula is C14H26N2S. The summed E-state index contributed by atoms with van der Waals surface area (Å²) in [5.41, 5.74) is 1.39. The molecule has 1 aromatic rings. The van der Waals surface area contributed by atoms with Crippen molar-refractivity contribution in [1.29, 1.82) is 0 Å². The lowest BCUT2D eigenvalue weighted by molar-refractivity contribution is 0.342. The lowest BCUT2D eigenvalue weighted by Gasteiger charge is -2.28. The highest BCUT2D eigenvalue weighted by atomic mass is 32.1. The summed E-state index contributed by atoms with van der Waals surface area (Å²) in [4.78, 5) is 4.85. The summed E-state index contributed by atoms with van der Waals surface area (Å²) in [7, 11) is 0. The van der Waals surface area contributed by atoms with Crippen LogP contribution < -0.4 is 5.32 Å². The third-order valence-corrected chi connectivity index (χ3v) is 4.17. The zero-order valence-corrected chi connectivity index (χ0v) is 12.9. The summed E-state index contributed by atoms with van der Waals surface area (Å²) in [6.07, 6.45) is 2.31. The molecule has 1 aromatic heterocycles. The molecule has 2 nitrogen and oxygen atoms in total. The van der Waals surface area contributed by atoms with Gasteiger partial charge in [0.1, 0.15) is 5.01 Å². The Morgan fingerprint density at radius 3 is 2.29 bits per heavy atom. The third kappa shape index (κ3) is 3.52. The van der Waals surface area contributed by atoms with Crippen molar-refractivity contribution in [2.75, 3.05) is 6.54 Å². The smallest absolute Gasteiger partial charge is 0.113 e. The Morgan fingerprint density at radius 1 is 1.24 bits per heavy atom. The topological polar surface area (TPSA) is 24.9 Å². The second-order valence-corrected chi connectivity index (χ2v) is 6.76. The Morgan fingerprint density at radius 2 is 1.88 bits per heavy atom. The van der Waals surface area contributed by atoms with E-state index in [2.05, 4.69) is 52.2 Å². The predicted octanol–water partition coefficient (Wildman–Crippen LogP) is 4.07. The van der Waals surface area contributed by atoms with E-state index in [1.165, 1.54) is 17.1 Å². The van der Waals surface area contributed by atoms with Crippen molar-refractivity contribution in [1.82, 2.24) is 10.3 Å². The highest BCUT2D eigenvalue weighted by Gasteiger charge is 2.29. The Balaban J connectivity index is 3.00. The fourth-order valence-corrected chi connectivity index (χ4v) is 3.25. The lowest BCUT2D eigenvalue weighted by atomic mass is 9.92. The molecule has 3 heteroatoms. The van der Waals surface area contributed by atoms with Gasteiger partial charge in [0, 0.05) is 10.8 Å². The van der Waals surface area contributed by atoms with Crippen LogP contribution in [0, 0.1) is 0 Å². The van der Waals surface area contributed by atoms with E-state index in [1.54, 1.807) is 11.3 Å². The van der Waals surface area contributed by atoms with Gasteiger partial charge in [-0.3, -0.25) is 0 Å². The van der Waals surface area contributed by atoms with E-state index in [-0.39, 0.29) is 11.0 Å². The molecule has 0 spiro atoms. The molecule has 0 aliphatic heterocycles. The van der Waals surface area contributed by atoms with E-state index in [9.17, 15) is 0 Å². The third-order valence-electron chi connectivity index (χ3n) is 3.06. The Bertz CT molecular complexity index is 343. The van der Waals surface area contributed by atoms with Crippen molar-refractivity contribution >= 4 is 11.3 Å². The summed E-state index contributed by atoms with van der Waals surface area (Å²) in [6.45, 7) is 14.3. The molecule has 0 aromatic carbocycles. The van der Waals surface area contributed by atoms with Crippen LogP contribution in [0.5, 0.6) is 0 Å². The average molecular weight is 254 g/mol. The quantitative estimate of drug-likeness (QED) is 0.857.